The highest BCUT2D eigenvalue weighted by atomic mass is 35.5. The predicted molar refractivity (Wildman–Crippen MR) is 65.1 cm³/mol. The Balaban J connectivity index is 2.02. The van der Waals surface area contributed by atoms with Gasteiger partial charge in [-0.2, -0.15) is 0 Å². The molecule has 1 amide bonds. The highest BCUT2D eigenvalue weighted by Gasteiger charge is 2.23. The van der Waals surface area contributed by atoms with Crippen LogP contribution in [-0.4, -0.2) is 31.8 Å². The summed E-state index contributed by atoms with van der Waals surface area (Å²) in [6.07, 6.45) is -0.586. The monoisotopic (exact) mass is 256 g/mol. The number of carbonyl (C=O) groups excluding carboxylic acids is 1. The first-order chi connectivity index (χ1) is 8.16. The molecule has 1 unspecified atom stereocenters. The van der Waals surface area contributed by atoms with E-state index in [-0.39, 0.29) is 12.5 Å². The Morgan fingerprint density at radius 1 is 1.47 bits per heavy atom. The fraction of sp³-hybridized carbons (Fsp3) is 0.364. The van der Waals surface area contributed by atoms with Crippen molar-refractivity contribution < 1.29 is 14.3 Å². The molecule has 1 atom stereocenters. The van der Waals surface area contributed by atoms with Crippen LogP contribution in [-0.2, 0) is 14.3 Å². The van der Waals surface area contributed by atoms with E-state index in [0.717, 1.165) is 0 Å². The van der Waals surface area contributed by atoms with Gasteiger partial charge < -0.3 is 20.5 Å². The fourth-order valence-electron chi connectivity index (χ4n) is 1.49. The summed E-state index contributed by atoms with van der Waals surface area (Å²) in [5, 5.41) is 3.07. The van der Waals surface area contributed by atoms with E-state index in [4.69, 9.17) is 26.8 Å². The third-order valence-corrected chi connectivity index (χ3v) is 2.67. The van der Waals surface area contributed by atoms with Gasteiger partial charge in [0, 0.05) is 5.69 Å². The van der Waals surface area contributed by atoms with Crippen LogP contribution in [0.5, 0.6) is 0 Å². The number of hydrogen-bond acceptors (Lipinski definition) is 4. The van der Waals surface area contributed by atoms with Crippen molar-refractivity contribution in [1.29, 1.82) is 0 Å². The van der Waals surface area contributed by atoms with Crippen molar-refractivity contribution >= 4 is 28.9 Å². The van der Waals surface area contributed by atoms with E-state index in [9.17, 15) is 4.79 Å². The first-order valence-electron chi connectivity index (χ1n) is 5.22. The maximum Gasteiger partial charge on any atom is 0.255 e. The van der Waals surface area contributed by atoms with Crippen molar-refractivity contribution in [2.24, 2.45) is 0 Å². The van der Waals surface area contributed by atoms with Crippen LogP contribution in [0.1, 0.15) is 0 Å². The molecular formula is C11H13ClN2O3. The fourth-order valence-corrected chi connectivity index (χ4v) is 1.72. The van der Waals surface area contributed by atoms with Crippen LogP contribution in [0.4, 0.5) is 11.4 Å². The van der Waals surface area contributed by atoms with Crippen molar-refractivity contribution in [2.75, 3.05) is 30.9 Å². The van der Waals surface area contributed by atoms with Gasteiger partial charge >= 0.3 is 0 Å². The number of nitrogens with one attached hydrogen (secondary N) is 1. The van der Waals surface area contributed by atoms with Crippen LogP contribution in [0.2, 0.25) is 5.02 Å². The number of ether oxygens (including phenoxy) is 2. The zero-order valence-corrected chi connectivity index (χ0v) is 9.87. The minimum Gasteiger partial charge on any atom is -0.399 e. The van der Waals surface area contributed by atoms with Crippen molar-refractivity contribution in [3.8, 4) is 0 Å². The number of nitrogen functional groups attached to an aromatic ring is 1. The smallest absolute Gasteiger partial charge is 0.255 e. The SMILES string of the molecule is Nc1ccc(NC(=O)C2COCCO2)c(Cl)c1. The van der Waals surface area contributed by atoms with E-state index >= 15 is 0 Å². The molecule has 1 saturated heterocycles. The molecule has 3 N–H and O–H groups in total. The molecule has 0 spiro atoms. The average molecular weight is 257 g/mol. The normalized spacial score (nSPS) is 19.9. The standard InChI is InChI=1S/C11H13ClN2O3/c12-8-5-7(13)1-2-9(8)14-11(15)10-6-16-3-4-17-10/h1-2,5,10H,3-4,6,13H2,(H,14,15). The lowest BCUT2D eigenvalue weighted by Gasteiger charge is -2.22. The average Bonchev–Trinajstić information content (AvgIpc) is 2.34. The number of anilines is 2. The van der Waals surface area contributed by atoms with Crippen LogP contribution in [0.25, 0.3) is 0 Å². The van der Waals surface area contributed by atoms with Gasteiger partial charge in [-0.05, 0) is 18.2 Å². The van der Waals surface area contributed by atoms with Crippen LogP contribution < -0.4 is 11.1 Å². The molecule has 1 aromatic carbocycles. The van der Waals surface area contributed by atoms with Gasteiger partial charge in [0.15, 0.2) is 6.10 Å². The van der Waals surface area contributed by atoms with Gasteiger partial charge in [-0.3, -0.25) is 4.79 Å². The van der Waals surface area contributed by atoms with Gasteiger partial charge in [-0.25, -0.2) is 0 Å². The Kier molecular flexibility index (Phi) is 3.83. The first-order valence-corrected chi connectivity index (χ1v) is 5.60. The van der Waals surface area contributed by atoms with Crippen molar-refractivity contribution in [1.82, 2.24) is 0 Å². The second-order valence-electron chi connectivity index (χ2n) is 3.66. The maximum absolute atomic E-state index is 11.8. The van der Waals surface area contributed by atoms with Crippen molar-refractivity contribution in [2.45, 2.75) is 6.10 Å². The van der Waals surface area contributed by atoms with Gasteiger partial charge in [0.1, 0.15) is 0 Å². The molecule has 92 valence electrons. The second-order valence-corrected chi connectivity index (χ2v) is 4.07. The summed E-state index contributed by atoms with van der Waals surface area (Å²) in [4.78, 5) is 11.8. The molecular weight excluding hydrogens is 244 g/mol. The topological polar surface area (TPSA) is 73.6 Å². The zero-order chi connectivity index (χ0) is 12.3. The highest BCUT2D eigenvalue weighted by Crippen LogP contribution is 2.24. The zero-order valence-electron chi connectivity index (χ0n) is 9.11. The van der Waals surface area contributed by atoms with Crippen molar-refractivity contribution in [3.63, 3.8) is 0 Å². The van der Waals surface area contributed by atoms with Gasteiger partial charge in [0.2, 0.25) is 0 Å². The Bertz CT molecular complexity index is 419. The first kappa shape index (κ1) is 12.2. The Morgan fingerprint density at radius 2 is 2.29 bits per heavy atom. The highest BCUT2D eigenvalue weighted by molar-refractivity contribution is 6.34. The molecule has 0 bridgehead atoms. The van der Waals surface area contributed by atoms with Crippen LogP contribution in [0, 0.1) is 0 Å². The molecule has 0 aliphatic carbocycles. The van der Waals surface area contributed by atoms with E-state index in [1.165, 1.54) is 0 Å². The lowest BCUT2D eigenvalue weighted by Crippen LogP contribution is -2.39. The number of benzene rings is 1. The maximum atomic E-state index is 11.8. The molecule has 1 aliphatic rings. The lowest BCUT2D eigenvalue weighted by atomic mass is 10.2. The van der Waals surface area contributed by atoms with Crippen LogP contribution in [0.15, 0.2) is 18.2 Å². The number of rotatable bonds is 2. The van der Waals surface area contributed by atoms with E-state index in [1.54, 1.807) is 18.2 Å². The molecule has 1 aromatic rings. The van der Waals surface area contributed by atoms with Crippen LogP contribution in [0.3, 0.4) is 0 Å². The van der Waals surface area contributed by atoms with E-state index in [0.29, 0.717) is 29.6 Å². The summed E-state index contributed by atoms with van der Waals surface area (Å²) in [5.41, 5.74) is 6.62. The molecule has 2 rings (SSSR count). The number of halogens is 1. The lowest BCUT2D eigenvalue weighted by molar-refractivity contribution is -0.142. The molecule has 1 aliphatic heterocycles. The third-order valence-electron chi connectivity index (χ3n) is 2.36. The molecule has 0 saturated carbocycles. The number of hydrogen-bond donors (Lipinski definition) is 2. The summed E-state index contributed by atoms with van der Waals surface area (Å²) in [6, 6.07) is 4.90. The van der Waals surface area contributed by atoms with E-state index in [1.807, 2.05) is 0 Å². The predicted octanol–water partition coefficient (Wildman–Crippen LogP) is 1.28. The molecule has 1 heterocycles. The summed E-state index contributed by atoms with van der Waals surface area (Å²) in [7, 11) is 0. The van der Waals surface area contributed by atoms with Gasteiger partial charge in [0.25, 0.3) is 5.91 Å². The Labute approximate surface area is 104 Å². The summed E-state index contributed by atoms with van der Waals surface area (Å²) in [5.74, 6) is -0.267. The number of nitrogens with two attached hydrogens (primary N) is 1. The minimum atomic E-state index is -0.586. The third kappa shape index (κ3) is 3.09. The molecule has 1 fully saturated rings. The summed E-state index contributed by atoms with van der Waals surface area (Å²) >= 11 is 5.95. The summed E-state index contributed by atoms with van der Waals surface area (Å²) in [6.45, 7) is 1.21. The van der Waals surface area contributed by atoms with Gasteiger partial charge in [0.05, 0.1) is 30.5 Å². The van der Waals surface area contributed by atoms with Crippen LogP contribution >= 0.6 is 11.6 Å². The number of amides is 1. The quantitative estimate of drug-likeness (QED) is 0.782. The molecule has 6 heteroatoms. The molecule has 0 radical (unpaired) electrons. The minimum absolute atomic E-state index is 0.262. The van der Waals surface area contributed by atoms with E-state index < -0.39 is 6.10 Å². The van der Waals surface area contributed by atoms with Crippen molar-refractivity contribution in [3.05, 3.63) is 23.2 Å². The largest absolute Gasteiger partial charge is 0.399 e. The van der Waals surface area contributed by atoms with Gasteiger partial charge in [-0.15, -0.1) is 0 Å². The second kappa shape index (κ2) is 5.35. The summed E-state index contributed by atoms with van der Waals surface area (Å²) < 4.78 is 10.4. The molecule has 17 heavy (non-hydrogen) atoms. The number of carbonyl (C=O) groups is 1. The molecule has 5 nitrogen and oxygen atoms in total. The van der Waals surface area contributed by atoms with Gasteiger partial charge in [-0.1, -0.05) is 11.6 Å². The molecule has 0 aromatic heterocycles. The Morgan fingerprint density at radius 3 is 2.94 bits per heavy atom. The van der Waals surface area contributed by atoms with E-state index in [2.05, 4.69) is 5.32 Å². The Hall–Kier alpha value is -1.30.